The molecule has 0 saturated heterocycles. The van der Waals surface area contributed by atoms with Crippen LogP contribution < -0.4 is 9.46 Å². The molecule has 0 bridgehead atoms. The van der Waals surface area contributed by atoms with Gasteiger partial charge >= 0.3 is 6.16 Å². The quantitative estimate of drug-likeness (QED) is 0.154. The van der Waals surface area contributed by atoms with Crippen molar-refractivity contribution >= 4 is 32.9 Å². The minimum Gasteiger partial charge on any atom is -0.449 e. The molecule has 38 heavy (non-hydrogen) atoms. The first kappa shape index (κ1) is 27.2. The average Bonchev–Trinajstić information content (AvgIpc) is 3.24. The van der Waals surface area contributed by atoms with E-state index in [1.165, 1.54) is 0 Å². The topological polar surface area (TPSA) is 111 Å². The molecule has 1 aromatic heterocycles. The number of carboxylic acid groups (broad SMARTS) is 1. The molecular weight excluding hydrogens is 502 g/mol. The van der Waals surface area contributed by atoms with Crippen LogP contribution >= 0.6 is 0 Å². The van der Waals surface area contributed by atoms with Crippen molar-refractivity contribution in [2.45, 2.75) is 52.5 Å². The van der Waals surface area contributed by atoms with Crippen molar-refractivity contribution < 1.29 is 23.1 Å². The number of fused-ring (bicyclic) bond motifs is 1. The second-order valence-electron chi connectivity index (χ2n) is 9.23. The zero-order chi connectivity index (χ0) is 27.1. The molecule has 0 aliphatic heterocycles. The summed E-state index contributed by atoms with van der Waals surface area (Å²) in [7, 11) is -3.48. The molecule has 8 nitrogen and oxygen atoms in total. The van der Waals surface area contributed by atoms with E-state index < -0.39 is 16.2 Å². The summed E-state index contributed by atoms with van der Waals surface area (Å²) >= 11 is 0. The molecule has 0 aliphatic rings. The maximum Gasteiger partial charge on any atom is 0.511 e. The molecule has 0 fully saturated rings. The molecule has 9 heteroatoms. The SMILES string of the molecule is CCCCc1nc2cccc(NS(=O)(=O)CCCC)c2n1Cc1ccc(-c2ccccc2OC(=O)O)cc1. The molecule has 2 N–H and O–H groups in total. The zero-order valence-corrected chi connectivity index (χ0v) is 22.5. The van der Waals surface area contributed by atoms with Crippen molar-refractivity contribution in [3.63, 3.8) is 0 Å². The third kappa shape index (κ3) is 6.52. The summed E-state index contributed by atoms with van der Waals surface area (Å²) in [5.74, 6) is 1.26. The molecule has 4 rings (SSSR count). The van der Waals surface area contributed by atoms with Crippen molar-refractivity contribution in [3.05, 3.63) is 78.1 Å². The molecule has 0 atom stereocenters. The average molecular weight is 536 g/mol. The summed E-state index contributed by atoms with van der Waals surface area (Å²) in [6.07, 6.45) is 2.81. The molecule has 3 aromatic carbocycles. The zero-order valence-electron chi connectivity index (χ0n) is 21.7. The van der Waals surface area contributed by atoms with Gasteiger partial charge in [0.15, 0.2) is 0 Å². The number of nitrogens with one attached hydrogen (secondary N) is 1. The summed E-state index contributed by atoms with van der Waals surface area (Å²) in [6, 6.07) is 20.3. The summed E-state index contributed by atoms with van der Waals surface area (Å²) in [5, 5.41) is 9.06. The maximum absolute atomic E-state index is 12.7. The highest BCUT2D eigenvalue weighted by Crippen LogP contribution is 2.31. The van der Waals surface area contributed by atoms with Crippen LogP contribution in [-0.2, 0) is 23.0 Å². The van der Waals surface area contributed by atoms with Gasteiger partial charge in [-0.05, 0) is 42.2 Å². The predicted octanol–water partition coefficient (Wildman–Crippen LogP) is 6.69. The molecule has 0 saturated carbocycles. The predicted molar refractivity (Wildman–Crippen MR) is 150 cm³/mol. The molecule has 1 heterocycles. The van der Waals surface area contributed by atoms with Crippen LogP contribution in [0.25, 0.3) is 22.2 Å². The lowest BCUT2D eigenvalue weighted by Gasteiger charge is -2.14. The number of anilines is 1. The van der Waals surface area contributed by atoms with Gasteiger partial charge in [-0.3, -0.25) is 4.72 Å². The molecular formula is C29H33N3O5S. The normalized spacial score (nSPS) is 11.5. The fraction of sp³-hybridized carbons (Fsp3) is 0.310. The van der Waals surface area contributed by atoms with Crippen molar-refractivity contribution in [1.82, 2.24) is 9.55 Å². The van der Waals surface area contributed by atoms with Crippen LogP contribution in [0, 0.1) is 0 Å². The van der Waals surface area contributed by atoms with Crippen LogP contribution in [-0.4, -0.2) is 35.0 Å². The first-order valence-electron chi connectivity index (χ1n) is 12.9. The number of hydrogen-bond donors (Lipinski definition) is 2. The Morgan fingerprint density at radius 3 is 2.42 bits per heavy atom. The highest BCUT2D eigenvalue weighted by molar-refractivity contribution is 7.92. The van der Waals surface area contributed by atoms with E-state index >= 15 is 0 Å². The third-order valence-electron chi connectivity index (χ3n) is 6.32. The Balaban J connectivity index is 1.70. The minimum absolute atomic E-state index is 0.0746. The van der Waals surface area contributed by atoms with Gasteiger partial charge in [0.25, 0.3) is 0 Å². The van der Waals surface area contributed by atoms with E-state index in [1.54, 1.807) is 18.2 Å². The molecule has 0 amide bonds. The number of hydrogen-bond acceptors (Lipinski definition) is 5. The number of nitrogens with zero attached hydrogens (tertiary/aromatic N) is 2. The van der Waals surface area contributed by atoms with Gasteiger partial charge in [0.1, 0.15) is 11.6 Å². The second-order valence-corrected chi connectivity index (χ2v) is 11.1. The Morgan fingerprint density at radius 1 is 0.974 bits per heavy atom. The van der Waals surface area contributed by atoms with Crippen molar-refractivity contribution in [2.75, 3.05) is 10.5 Å². The summed E-state index contributed by atoms with van der Waals surface area (Å²) in [5.41, 5.74) is 4.57. The van der Waals surface area contributed by atoms with Gasteiger partial charge in [0.05, 0.1) is 22.5 Å². The lowest BCUT2D eigenvalue weighted by atomic mass is 10.0. The molecule has 0 radical (unpaired) electrons. The largest absolute Gasteiger partial charge is 0.511 e. The smallest absolute Gasteiger partial charge is 0.449 e. The van der Waals surface area contributed by atoms with E-state index in [0.717, 1.165) is 53.7 Å². The highest BCUT2D eigenvalue weighted by atomic mass is 32.2. The number of para-hydroxylation sites is 2. The molecule has 0 unspecified atom stereocenters. The number of ether oxygens (including phenoxy) is 1. The number of aryl methyl sites for hydroxylation is 1. The second kappa shape index (κ2) is 12.1. The minimum atomic E-state index is -3.48. The highest BCUT2D eigenvalue weighted by Gasteiger charge is 2.18. The van der Waals surface area contributed by atoms with Crippen LogP contribution in [0.4, 0.5) is 10.5 Å². The van der Waals surface area contributed by atoms with Gasteiger partial charge in [-0.15, -0.1) is 0 Å². The lowest BCUT2D eigenvalue weighted by molar-refractivity contribution is 0.144. The number of imidazole rings is 1. The standard InChI is InChI=1S/C29H33N3O5S/c1-3-5-14-27-30-24-11-9-12-25(31-38(35,36)19-6-4-2)28(24)32(27)20-21-15-17-22(18-16-21)23-10-7-8-13-26(23)37-29(33)34/h7-13,15-18,31H,3-6,14,19-20H2,1-2H3,(H,33,34). The Bertz CT molecular complexity index is 1510. The van der Waals surface area contributed by atoms with E-state index in [4.69, 9.17) is 14.8 Å². The maximum atomic E-state index is 12.7. The number of aromatic nitrogens is 2. The first-order valence-corrected chi connectivity index (χ1v) is 14.5. The van der Waals surface area contributed by atoms with Crippen LogP contribution in [0.15, 0.2) is 66.7 Å². The Hall–Kier alpha value is -3.85. The summed E-state index contributed by atoms with van der Waals surface area (Å²) < 4.78 is 35.3. The van der Waals surface area contributed by atoms with Gasteiger partial charge in [-0.25, -0.2) is 18.2 Å². The number of sulfonamides is 1. The van der Waals surface area contributed by atoms with E-state index in [2.05, 4.69) is 16.2 Å². The van der Waals surface area contributed by atoms with Gasteiger partial charge in [0.2, 0.25) is 10.0 Å². The van der Waals surface area contributed by atoms with Gasteiger partial charge in [0, 0.05) is 18.5 Å². The van der Waals surface area contributed by atoms with Crippen LogP contribution in [0.3, 0.4) is 0 Å². The Labute approximate surface area is 223 Å². The van der Waals surface area contributed by atoms with E-state index in [9.17, 15) is 13.2 Å². The molecule has 200 valence electrons. The van der Waals surface area contributed by atoms with E-state index in [0.29, 0.717) is 24.2 Å². The fourth-order valence-electron chi connectivity index (χ4n) is 4.43. The third-order valence-corrected chi connectivity index (χ3v) is 7.68. The van der Waals surface area contributed by atoms with Crippen molar-refractivity contribution in [2.24, 2.45) is 0 Å². The Kier molecular flexibility index (Phi) is 8.68. The number of rotatable bonds is 12. The first-order chi connectivity index (χ1) is 18.3. The summed E-state index contributed by atoms with van der Waals surface area (Å²) in [6.45, 7) is 4.61. The van der Waals surface area contributed by atoms with Gasteiger partial charge in [-0.1, -0.05) is 75.2 Å². The lowest BCUT2D eigenvalue weighted by Crippen LogP contribution is -2.17. The van der Waals surface area contributed by atoms with Crippen LogP contribution in [0.5, 0.6) is 5.75 Å². The number of unbranched alkanes of at least 4 members (excludes halogenated alkanes) is 2. The number of benzene rings is 3. The van der Waals surface area contributed by atoms with Crippen LogP contribution in [0.1, 0.15) is 50.9 Å². The molecule has 0 spiro atoms. The van der Waals surface area contributed by atoms with Crippen molar-refractivity contribution in [1.29, 1.82) is 0 Å². The molecule has 0 aliphatic carbocycles. The van der Waals surface area contributed by atoms with E-state index in [1.807, 2.05) is 55.5 Å². The van der Waals surface area contributed by atoms with E-state index in [-0.39, 0.29) is 11.5 Å². The van der Waals surface area contributed by atoms with Gasteiger partial charge < -0.3 is 14.4 Å². The van der Waals surface area contributed by atoms with Crippen LogP contribution in [0.2, 0.25) is 0 Å². The number of carbonyl (C=O) groups is 1. The Morgan fingerprint density at radius 2 is 1.71 bits per heavy atom. The van der Waals surface area contributed by atoms with Gasteiger partial charge in [-0.2, -0.15) is 0 Å². The fourth-order valence-corrected chi connectivity index (χ4v) is 5.70. The molecule has 4 aromatic rings. The monoisotopic (exact) mass is 535 g/mol. The summed E-state index contributed by atoms with van der Waals surface area (Å²) in [4.78, 5) is 15.9. The van der Waals surface area contributed by atoms with Crippen molar-refractivity contribution in [3.8, 4) is 16.9 Å².